The van der Waals surface area contributed by atoms with Gasteiger partial charge in [0.15, 0.2) is 5.82 Å². The molecule has 1 aromatic carbocycles. The van der Waals surface area contributed by atoms with Gasteiger partial charge in [-0.2, -0.15) is 15.1 Å². The number of hydrogen-bond acceptors (Lipinski definition) is 9. The molecule has 3 aromatic rings. The molecule has 180 valence electrons. The Balaban J connectivity index is 1.44. The number of ether oxygens (including phenoxy) is 3. The van der Waals surface area contributed by atoms with Crippen molar-refractivity contribution in [3.63, 3.8) is 0 Å². The number of rotatable bonds is 9. The molecule has 34 heavy (non-hydrogen) atoms. The quantitative estimate of drug-likeness (QED) is 0.486. The summed E-state index contributed by atoms with van der Waals surface area (Å²) in [6, 6.07) is 12.1. The molecule has 0 radical (unpaired) electrons. The third-order valence-corrected chi connectivity index (χ3v) is 6.28. The molecule has 2 saturated heterocycles. The van der Waals surface area contributed by atoms with Gasteiger partial charge in [-0.3, -0.25) is 0 Å². The smallest absolute Gasteiger partial charge is 0.320 e. The second-order valence-electron chi connectivity index (χ2n) is 8.47. The van der Waals surface area contributed by atoms with Gasteiger partial charge >= 0.3 is 6.01 Å². The molecule has 0 aliphatic carbocycles. The Morgan fingerprint density at radius 3 is 2.91 bits per heavy atom. The maximum absolute atomic E-state index is 9.63. The van der Waals surface area contributed by atoms with E-state index in [1.807, 2.05) is 42.6 Å². The first-order valence-electron chi connectivity index (χ1n) is 11.5. The number of aromatic nitrogens is 4. The van der Waals surface area contributed by atoms with Crippen molar-refractivity contribution in [3.05, 3.63) is 42.6 Å². The molecule has 3 atom stereocenters. The minimum atomic E-state index is -0.839. The van der Waals surface area contributed by atoms with Crippen LogP contribution in [0.25, 0.3) is 17.1 Å². The van der Waals surface area contributed by atoms with E-state index in [0.717, 1.165) is 48.8 Å². The highest BCUT2D eigenvalue weighted by atomic mass is 16.5. The Kier molecular flexibility index (Phi) is 6.61. The molecule has 5 rings (SSSR count). The largest absolute Gasteiger partial charge is 0.497 e. The summed E-state index contributed by atoms with van der Waals surface area (Å²) in [5.74, 6) is 2.11. The Hall–Kier alpha value is -3.21. The predicted molar refractivity (Wildman–Crippen MR) is 124 cm³/mol. The van der Waals surface area contributed by atoms with Crippen LogP contribution in [-0.2, 0) is 4.74 Å². The zero-order valence-electron chi connectivity index (χ0n) is 19.1. The minimum absolute atomic E-state index is 0.188. The number of aliphatic hydroxyl groups is 2. The van der Waals surface area contributed by atoms with E-state index in [0.29, 0.717) is 5.82 Å². The topological polar surface area (TPSA) is 115 Å². The average molecular weight is 468 g/mol. The summed E-state index contributed by atoms with van der Waals surface area (Å²) in [5, 5.41) is 23.4. The summed E-state index contributed by atoms with van der Waals surface area (Å²) in [5.41, 5.74) is 1.73. The van der Waals surface area contributed by atoms with Gasteiger partial charge < -0.3 is 29.3 Å². The molecule has 0 saturated carbocycles. The molecular formula is C24H29N5O5. The van der Waals surface area contributed by atoms with Crippen molar-refractivity contribution >= 4 is 5.82 Å². The second kappa shape index (κ2) is 9.96. The van der Waals surface area contributed by atoms with Crippen LogP contribution >= 0.6 is 0 Å². The van der Waals surface area contributed by atoms with Crippen molar-refractivity contribution in [2.75, 3.05) is 38.4 Å². The van der Waals surface area contributed by atoms with Crippen molar-refractivity contribution in [1.29, 1.82) is 0 Å². The molecule has 0 bridgehead atoms. The SMILES string of the molecule is COc1cccc(-c2ccn(-c3cc(N4CC[C@H]5OCC[C@H]54)nc(OCCC(O)CO)n3)n2)c1. The summed E-state index contributed by atoms with van der Waals surface area (Å²) in [6.45, 7) is 1.48. The van der Waals surface area contributed by atoms with Crippen LogP contribution in [0.2, 0.25) is 0 Å². The van der Waals surface area contributed by atoms with Crippen LogP contribution < -0.4 is 14.4 Å². The number of anilines is 1. The molecule has 10 heteroatoms. The predicted octanol–water partition coefficient (Wildman–Crippen LogP) is 1.83. The van der Waals surface area contributed by atoms with Crippen LogP contribution in [0.15, 0.2) is 42.6 Å². The van der Waals surface area contributed by atoms with E-state index in [4.69, 9.17) is 24.4 Å². The van der Waals surface area contributed by atoms with Crippen molar-refractivity contribution in [1.82, 2.24) is 19.7 Å². The molecule has 2 fully saturated rings. The van der Waals surface area contributed by atoms with E-state index in [1.165, 1.54) is 0 Å². The summed E-state index contributed by atoms with van der Waals surface area (Å²) in [6.07, 6.45) is 3.45. The first kappa shape index (κ1) is 22.6. The van der Waals surface area contributed by atoms with Crippen LogP contribution in [-0.4, -0.2) is 81.7 Å². The lowest BCUT2D eigenvalue weighted by molar-refractivity contribution is 0.0741. The highest BCUT2D eigenvalue weighted by Gasteiger charge is 2.39. The lowest BCUT2D eigenvalue weighted by Crippen LogP contribution is -2.32. The van der Waals surface area contributed by atoms with Gasteiger partial charge in [0.25, 0.3) is 0 Å². The Bertz CT molecular complexity index is 1120. The maximum Gasteiger partial charge on any atom is 0.320 e. The van der Waals surface area contributed by atoms with E-state index in [2.05, 4.69) is 14.9 Å². The molecule has 1 unspecified atom stereocenters. The molecule has 4 heterocycles. The molecule has 0 amide bonds. The first-order chi connectivity index (χ1) is 16.6. The average Bonchev–Trinajstić information content (AvgIpc) is 3.61. The third kappa shape index (κ3) is 4.70. The number of methoxy groups -OCH3 is 1. The summed E-state index contributed by atoms with van der Waals surface area (Å²) >= 11 is 0. The number of benzene rings is 1. The minimum Gasteiger partial charge on any atom is -0.497 e. The molecule has 2 aliphatic rings. The van der Waals surface area contributed by atoms with Gasteiger partial charge in [0.1, 0.15) is 11.6 Å². The van der Waals surface area contributed by atoms with Gasteiger partial charge in [0, 0.05) is 37.4 Å². The van der Waals surface area contributed by atoms with Gasteiger partial charge in [-0.1, -0.05) is 12.1 Å². The van der Waals surface area contributed by atoms with Crippen molar-refractivity contribution in [2.24, 2.45) is 0 Å². The molecule has 2 N–H and O–H groups in total. The number of aliphatic hydroxyl groups excluding tert-OH is 2. The van der Waals surface area contributed by atoms with E-state index in [9.17, 15) is 5.11 Å². The number of nitrogens with zero attached hydrogens (tertiary/aromatic N) is 5. The van der Waals surface area contributed by atoms with E-state index in [-0.39, 0.29) is 37.8 Å². The highest BCUT2D eigenvalue weighted by Crippen LogP contribution is 2.33. The van der Waals surface area contributed by atoms with Gasteiger partial charge in [-0.25, -0.2) is 4.68 Å². The van der Waals surface area contributed by atoms with Crippen LogP contribution in [0.3, 0.4) is 0 Å². The van der Waals surface area contributed by atoms with Crippen LogP contribution in [0.4, 0.5) is 5.82 Å². The molecule has 2 aliphatic heterocycles. The normalized spacial score (nSPS) is 20.4. The lowest BCUT2D eigenvalue weighted by atomic mass is 10.1. The molecule has 0 spiro atoms. The van der Waals surface area contributed by atoms with Gasteiger partial charge in [-0.05, 0) is 31.0 Å². The van der Waals surface area contributed by atoms with Crippen LogP contribution in [0, 0.1) is 0 Å². The van der Waals surface area contributed by atoms with Gasteiger partial charge in [0.05, 0.1) is 44.3 Å². The summed E-state index contributed by atoms with van der Waals surface area (Å²) in [7, 11) is 1.64. The fraction of sp³-hybridized carbons (Fsp3) is 0.458. The Morgan fingerprint density at radius 2 is 2.06 bits per heavy atom. The highest BCUT2D eigenvalue weighted by molar-refractivity contribution is 5.61. The van der Waals surface area contributed by atoms with Crippen molar-refractivity contribution < 1.29 is 24.4 Å². The summed E-state index contributed by atoms with van der Waals surface area (Å²) in [4.78, 5) is 11.5. The number of fused-ring (bicyclic) bond motifs is 1. The lowest BCUT2D eigenvalue weighted by Gasteiger charge is -2.24. The van der Waals surface area contributed by atoms with Crippen molar-refractivity contribution in [2.45, 2.75) is 37.5 Å². The molecule has 2 aromatic heterocycles. The van der Waals surface area contributed by atoms with Crippen molar-refractivity contribution in [3.8, 4) is 28.8 Å². The second-order valence-corrected chi connectivity index (χ2v) is 8.47. The Morgan fingerprint density at radius 1 is 1.18 bits per heavy atom. The summed E-state index contributed by atoms with van der Waals surface area (Å²) < 4.78 is 18.7. The first-order valence-corrected chi connectivity index (χ1v) is 11.5. The fourth-order valence-corrected chi connectivity index (χ4v) is 4.48. The third-order valence-electron chi connectivity index (χ3n) is 6.28. The standard InChI is InChI=1S/C24H29N5O5/c1-32-18-4-2-3-16(13-18)19-5-10-29(27-19)23-14-22(28-9-6-21-20(28)8-12-33-21)25-24(26-23)34-11-7-17(31)15-30/h2-5,10,13-14,17,20-21,30-31H,6-9,11-12,15H2,1H3/t17?,20-,21-/m1/s1. The fourth-order valence-electron chi connectivity index (χ4n) is 4.48. The van der Waals surface area contributed by atoms with Gasteiger partial charge in [-0.15, -0.1) is 0 Å². The molecule has 10 nitrogen and oxygen atoms in total. The van der Waals surface area contributed by atoms with Crippen LogP contribution in [0.1, 0.15) is 19.3 Å². The maximum atomic E-state index is 9.63. The van der Waals surface area contributed by atoms with Gasteiger partial charge in [0.2, 0.25) is 0 Å². The zero-order chi connectivity index (χ0) is 23.5. The van der Waals surface area contributed by atoms with E-state index < -0.39 is 6.10 Å². The monoisotopic (exact) mass is 467 g/mol. The van der Waals surface area contributed by atoms with E-state index in [1.54, 1.807) is 11.8 Å². The molecular weight excluding hydrogens is 438 g/mol. The van der Waals surface area contributed by atoms with Crippen LogP contribution in [0.5, 0.6) is 11.8 Å². The number of hydrogen-bond donors (Lipinski definition) is 2. The van der Waals surface area contributed by atoms with E-state index >= 15 is 0 Å². The zero-order valence-corrected chi connectivity index (χ0v) is 19.1. The Labute approximate surface area is 197 Å².